The number of anilines is 1. The number of halogens is 1. The van der Waals surface area contributed by atoms with E-state index in [0.717, 1.165) is 12.1 Å². The molecule has 7 heteroatoms. The lowest BCUT2D eigenvalue weighted by atomic mass is 10.2. The quantitative estimate of drug-likeness (QED) is 0.777. The number of methoxy groups -OCH3 is 1. The van der Waals surface area contributed by atoms with Crippen LogP contribution < -0.4 is 10.1 Å². The zero-order valence-electron chi connectivity index (χ0n) is 15.0. The summed E-state index contributed by atoms with van der Waals surface area (Å²) < 4.78 is 5.24. The second-order valence-electron chi connectivity index (χ2n) is 5.91. The van der Waals surface area contributed by atoms with Gasteiger partial charge in [0.1, 0.15) is 5.75 Å². The molecule has 0 aliphatic carbocycles. The Morgan fingerprint density at radius 3 is 2.42 bits per heavy atom. The molecule has 0 fully saturated rings. The van der Waals surface area contributed by atoms with Crippen LogP contribution in [0.5, 0.6) is 5.75 Å². The van der Waals surface area contributed by atoms with Crippen LogP contribution >= 0.6 is 11.6 Å². The predicted octanol–water partition coefficient (Wildman–Crippen LogP) is 2.40. The second-order valence-corrected chi connectivity index (χ2v) is 6.32. The van der Waals surface area contributed by atoms with Crippen molar-refractivity contribution in [2.24, 2.45) is 0 Å². The summed E-state index contributed by atoms with van der Waals surface area (Å²) >= 11 is 6.06. The molecule has 1 aromatic carbocycles. The molecule has 0 bridgehead atoms. The molecule has 0 saturated carbocycles. The van der Waals surface area contributed by atoms with Crippen molar-refractivity contribution in [3.63, 3.8) is 0 Å². The van der Waals surface area contributed by atoms with Crippen molar-refractivity contribution in [3.05, 3.63) is 22.7 Å². The van der Waals surface area contributed by atoms with Crippen molar-refractivity contribution >= 4 is 29.1 Å². The minimum Gasteiger partial charge on any atom is -0.495 e. The van der Waals surface area contributed by atoms with E-state index in [1.54, 1.807) is 17.0 Å². The van der Waals surface area contributed by atoms with Crippen LogP contribution in [0.4, 0.5) is 5.69 Å². The number of carbonyl (C=O) groups is 2. The summed E-state index contributed by atoms with van der Waals surface area (Å²) in [6.45, 7) is 5.10. The zero-order valence-corrected chi connectivity index (χ0v) is 15.7. The first-order valence-electron chi connectivity index (χ1n) is 7.78. The fourth-order valence-electron chi connectivity index (χ4n) is 2.13. The van der Waals surface area contributed by atoms with Crippen LogP contribution in [-0.2, 0) is 9.59 Å². The van der Waals surface area contributed by atoms with Gasteiger partial charge in [-0.2, -0.15) is 0 Å². The van der Waals surface area contributed by atoms with Gasteiger partial charge in [0.15, 0.2) is 0 Å². The second kappa shape index (κ2) is 9.49. The van der Waals surface area contributed by atoms with E-state index in [0.29, 0.717) is 29.5 Å². The Balaban J connectivity index is 2.65. The van der Waals surface area contributed by atoms with E-state index in [4.69, 9.17) is 16.3 Å². The molecule has 6 nitrogen and oxygen atoms in total. The molecule has 1 N–H and O–H groups in total. The average molecular weight is 356 g/mol. The maximum Gasteiger partial charge on any atom is 0.226 e. The van der Waals surface area contributed by atoms with Gasteiger partial charge in [-0.3, -0.25) is 9.59 Å². The van der Waals surface area contributed by atoms with Gasteiger partial charge in [-0.15, -0.1) is 0 Å². The smallest absolute Gasteiger partial charge is 0.226 e. The lowest BCUT2D eigenvalue weighted by Crippen LogP contribution is -2.37. The van der Waals surface area contributed by atoms with E-state index in [9.17, 15) is 9.59 Å². The largest absolute Gasteiger partial charge is 0.495 e. The Hall–Kier alpha value is -1.79. The van der Waals surface area contributed by atoms with Crippen molar-refractivity contribution in [1.29, 1.82) is 0 Å². The molecule has 0 atom stereocenters. The van der Waals surface area contributed by atoms with Crippen LogP contribution in [0.25, 0.3) is 0 Å². The molecule has 1 rings (SSSR count). The molecule has 24 heavy (non-hydrogen) atoms. The van der Waals surface area contributed by atoms with E-state index >= 15 is 0 Å². The molecule has 0 saturated heterocycles. The number of hydrogen-bond acceptors (Lipinski definition) is 4. The van der Waals surface area contributed by atoms with Gasteiger partial charge < -0.3 is 19.9 Å². The highest BCUT2D eigenvalue weighted by atomic mass is 35.5. The van der Waals surface area contributed by atoms with E-state index in [2.05, 4.69) is 5.32 Å². The fourth-order valence-corrected chi connectivity index (χ4v) is 2.28. The van der Waals surface area contributed by atoms with E-state index in [1.165, 1.54) is 14.0 Å². The highest BCUT2D eigenvalue weighted by molar-refractivity contribution is 6.31. The molecule has 0 aliphatic heterocycles. The molecule has 0 unspecified atom stereocenters. The van der Waals surface area contributed by atoms with Gasteiger partial charge in [-0.05, 0) is 32.6 Å². The van der Waals surface area contributed by atoms with Crippen LogP contribution in [-0.4, -0.2) is 62.5 Å². The number of likely N-dealkylation sites (N-methyl/N-ethyl adjacent to an activating group) is 1. The van der Waals surface area contributed by atoms with Crippen LogP contribution in [0.15, 0.2) is 12.1 Å². The number of nitrogens with zero attached hydrogens (tertiary/aromatic N) is 2. The van der Waals surface area contributed by atoms with Crippen molar-refractivity contribution in [2.45, 2.75) is 20.3 Å². The molecule has 0 heterocycles. The molecule has 2 amide bonds. The van der Waals surface area contributed by atoms with Gasteiger partial charge in [0.2, 0.25) is 11.8 Å². The van der Waals surface area contributed by atoms with Crippen LogP contribution in [0.1, 0.15) is 18.9 Å². The highest BCUT2D eigenvalue weighted by Gasteiger charge is 2.14. The summed E-state index contributed by atoms with van der Waals surface area (Å²) in [5.74, 6) is 0.297. The van der Waals surface area contributed by atoms with E-state index < -0.39 is 0 Å². The zero-order chi connectivity index (χ0) is 18.3. The maximum atomic E-state index is 12.2. The SMILES string of the molecule is COc1cc(Cl)c(C)cc1NC(=O)CCN(CCN(C)C)C(C)=O. The summed E-state index contributed by atoms with van der Waals surface area (Å²) in [4.78, 5) is 27.5. The molecule has 0 aromatic heterocycles. The van der Waals surface area contributed by atoms with E-state index in [-0.39, 0.29) is 18.2 Å². The van der Waals surface area contributed by atoms with Gasteiger partial charge in [0.25, 0.3) is 0 Å². The molecule has 1 aromatic rings. The monoisotopic (exact) mass is 355 g/mol. The average Bonchev–Trinajstić information content (AvgIpc) is 2.49. The number of amides is 2. The number of ether oxygens (including phenoxy) is 1. The van der Waals surface area contributed by atoms with E-state index in [1.807, 2.05) is 25.9 Å². The predicted molar refractivity (Wildman–Crippen MR) is 96.8 cm³/mol. The highest BCUT2D eigenvalue weighted by Crippen LogP contribution is 2.30. The summed E-state index contributed by atoms with van der Waals surface area (Å²) in [5, 5.41) is 3.40. The van der Waals surface area contributed by atoms with Crippen molar-refractivity contribution < 1.29 is 14.3 Å². The minimum atomic E-state index is -0.175. The number of rotatable bonds is 8. The van der Waals surface area contributed by atoms with Gasteiger partial charge in [0, 0.05) is 44.1 Å². The third-order valence-electron chi connectivity index (χ3n) is 3.63. The molecule has 0 radical (unpaired) electrons. The Morgan fingerprint density at radius 1 is 1.21 bits per heavy atom. The number of benzene rings is 1. The Labute approximate surface area is 148 Å². The third kappa shape index (κ3) is 6.37. The number of carbonyl (C=O) groups excluding carboxylic acids is 2. The molecular weight excluding hydrogens is 330 g/mol. The van der Waals surface area contributed by atoms with Gasteiger partial charge >= 0.3 is 0 Å². The maximum absolute atomic E-state index is 12.2. The number of hydrogen-bond donors (Lipinski definition) is 1. The lowest BCUT2D eigenvalue weighted by Gasteiger charge is -2.23. The van der Waals surface area contributed by atoms with Crippen LogP contribution in [0.2, 0.25) is 5.02 Å². The van der Waals surface area contributed by atoms with Gasteiger partial charge in [-0.1, -0.05) is 11.6 Å². The first-order valence-corrected chi connectivity index (χ1v) is 8.16. The summed E-state index contributed by atoms with van der Waals surface area (Å²) in [5.41, 5.74) is 1.43. The summed E-state index contributed by atoms with van der Waals surface area (Å²) in [6.07, 6.45) is 0.220. The minimum absolute atomic E-state index is 0.0374. The molecule has 0 aliphatic rings. The lowest BCUT2D eigenvalue weighted by molar-refractivity contribution is -0.129. The van der Waals surface area contributed by atoms with Gasteiger partial charge in [0.05, 0.1) is 12.8 Å². The summed E-state index contributed by atoms with van der Waals surface area (Å²) in [6, 6.07) is 3.44. The van der Waals surface area contributed by atoms with Crippen LogP contribution in [0, 0.1) is 6.92 Å². The standard InChI is InChI=1S/C17H26ClN3O3/c1-12-10-15(16(24-5)11-14(12)18)19-17(23)6-7-21(13(2)22)9-8-20(3)4/h10-11H,6-9H2,1-5H3,(H,19,23). The fraction of sp³-hybridized carbons (Fsp3) is 0.529. The molecule has 134 valence electrons. The summed E-state index contributed by atoms with van der Waals surface area (Å²) in [7, 11) is 5.41. The van der Waals surface area contributed by atoms with Crippen molar-refractivity contribution in [3.8, 4) is 5.75 Å². The van der Waals surface area contributed by atoms with Crippen LogP contribution in [0.3, 0.4) is 0 Å². The van der Waals surface area contributed by atoms with Crippen molar-refractivity contribution in [1.82, 2.24) is 9.80 Å². The Morgan fingerprint density at radius 2 is 1.88 bits per heavy atom. The molecule has 0 spiro atoms. The Bertz CT molecular complexity index is 591. The van der Waals surface area contributed by atoms with Gasteiger partial charge in [-0.25, -0.2) is 0 Å². The van der Waals surface area contributed by atoms with Crippen molar-refractivity contribution in [2.75, 3.05) is 46.2 Å². The first-order chi connectivity index (χ1) is 11.2. The normalized spacial score (nSPS) is 10.6. The topological polar surface area (TPSA) is 61.9 Å². The first kappa shape index (κ1) is 20.3. The molecular formula is C17H26ClN3O3. The third-order valence-corrected chi connectivity index (χ3v) is 4.03. The number of nitrogens with one attached hydrogen (secondary N) is 1. The Kier molecular flexibility index (Phi) is 8.01. The number of aryl methyl sites for hydroxylation is 1.